The zero-order valence-electron chi connectivity index (χ0n) is 14.7. The van der Waals surface area contributed by atoms with E-state index in [-0.39, 0.29) is 22.7 Å². The Hall–Kier alpha value is -2.61. The molecular weight excluding hydrogens is 395 g/mol. The van der Waals surface area contributed by atoms with Crippen LogP contribution in [0.1, 0.15) is 28.8 Å². The molecule has 2 aromatic rings. The highest BCUT2D eigenvalue weighted by atomic mass is 35.5. The van der Waals surface area contributed by atoms with Gasteiger partial charge in [-0.2, -0.15) is 13.2 Å². The molecule has 0 radical (unpaired) electrons. The van der Waals surface area contributed by atoms with Crippen LogP contribution < -0.4 is 10.2 Å². The van der Waals surface area contributed by atoms with E-state index in [2.05, 4.69) is 15.2 Å². The minimum atomic E-state index is -4.55. The quantitative estimate of drug-likeness (QED) is 0.756. The molecule has 1 saturated heterocycles. The lowest BCUT2D eigenvalue weighted by molar-refractivity contribution is -0.137. The topological polar surface area (TPSA) is 62.3 Å². The first kappa shape index (κ1) is 20.1. The first-order valence-electron chi connectivity index (χ1n) is 8.61. The number of benzene rings is 1. The van der Waals surface area contributed by atoms with Gasteiger partial charge in [0.1, 0.15) is 6.29 Å². The summed E-state index contributed by atoms with van der Waals surface area (Å²) in [4.78, 5) is 28.9. The fraction of sp³-hybridized carbons (Fsp3) is 0.316. The zero-order chi connectivity index (χ0) is 20.3. The molecule has 1 fully saturated rings. The summed E-state index contributed by atoms with van der Waals surface area (Å²) in [6, 6.07) is 7.93. The summed E-state index contributed by atoms with van der Waals surface area (Å²) < 4.78 is 38.0. The van der Waals surface area contributed by atoms with Gasteiger partial charge in [-0.1, -0.05) is 11.6 Å². The summed E-state index contributed by atoms with van der Waals surface area (Å²) in [5.41, 5.74) is 0.597. The van der Waals surface area contributed by atoms with Crippen LogP contribution in [0.3, 0.4) is 0 Å². The molecule has 0 spiro atoms. The summed E-state index contributed by atoms with van der Waals surface area (Å²) in [6.07, 6.45) is -1.96. The van der Waals surface area contributed by atoms with Gasteiger partial charge in [0.05, 0.1) is 10.6 Å². The molecule has 1 aromatic carbocycles. The van der Waals surface area contributed by atoms with Gasteiger partial charge in [-0.05, 0) is 43.2 Å². The summed E-state index contributed by atoms with van der Waals surface area (Å²) >= 11 is 5.84. The number of carbonyl (C=O) groups excluding carboxylic acids is 2. The molecule has 148 valence electrons. The van der Waals surface area contributed by atoms with E-state index in [1.54, 1.807) is 12.1 Å². The van der Waals surface area contributed by atoms with E-state index in [1.807, 2.05) is 12.1 Å². The predicted molar refractivity (Wildman–Crippen MR) is 99.6 cm³/mol. The Labute approximate surface area is 164 Å². The number of nitrogens with one attached hydrogen (secondary N) is 1. The number of anilines is 2. The minimum Gasteiger partial charge on any atom is -0.371 e. The van der Waals surface area contributed by atoms with Crippen molar-refractivity contribution in [1.82, 2.24) is 4.98 Å². The summed E-state index contributed by atoms with van der Waals surface area (Å²) in [6.45, 7) is 1.29. The highest BCUT2D eigenvalue weighted by Crippen LogP contribution is 2.33. The fourth-order valence-corrected chi connectivity index (χ4v) is 3.28. The van der Waals surface area contributed by atoms with Crippen LogP contribution in [0.15, 0.2) is 36.5 Å². The molecule has 28 heavy (non-hydrogen) atoms. The summed E-state index contributed by atoms with van der Waals surface area (Å²) in [7, 11) is 0. The van der Waals surface area contributed by atoms with Crippen molar-refractivity contribution in [2.45, 2.75) is 19.0 Å². The third kappa shape index (κ3) is 4.62. The number of nitrogens with zero attached hydrogens (tertiary/aromatic N) is 2. The lowest BCUT2D eigenvalue weighted by atomic mass is 9.95. The molecule has 2 heterocycles. The van der Waals surface area contributed by atoms with Gasteiger partial charge in [-0.3, -0.25) is 9.59 Å². The van der Waals surface area contributed by atoms with E-state index in [4.69, 9.17) is 11.6 Å². The predicted octanol–water partition coefficient (Wildman–Crippen LogP) is 4.42. The number of hydrogen-bond donors (Lipinski definition) is 1. The smallest absolute Gasteiger partial charge is 0.371 e. The minimum absolute atomic E-state index is 0.0773. The molecule has 0 saturated carbocycles. The number of hydrogen-bond acceptors (Lipinski definition) is 4. The summed E-state index contributed by atoms with van der Waals surface area (Å²) in [5, 5.41) is 2.27. The van der Waals surface area contributed by atoms with E-state index < -0.39 is 11.7 Å². The highest BCUT2D eigenvalue weighted by molar-refractivity contribution is 6.33. The number of halogens is 4. The van der Waals surface area contributed by atoms with Gasteiger partial charge in [0, 0.05) is 36.5 Å². The Kier molecular flexibility index (Phi) is 5.88. The molecule has 1 N–H and O–H groups in total. The van der Waals surface area contributed by atoms with Gasteiger partial charge in [-0.15, -0.1) is 0 Å². The second kappa shape index (κ2) is 8.18. The summed E-state index contributed by atoms with van der Waals surface area (Å²) in [5.74, 6) is -0.678. The number of carbonyl (C=O) groups is 2. The molecule has 5 nitrogen and oxygen atoms in total. The molecular formula is C19H17ClF3N3O2. The fourth-order valence-electron chi connectivity index (χ4n) is 3.07. The normalized spacial score (nSPS) is 15.4. The third-order valence-electron chi connectivity index (χ3n) is 4.67. The van der Waals surface area contributed by atoms with Gasteiger partial charge < -0.3 is 10.2 Å². The first-order valence-corrected chi connectivity index (χ1v) is 8.99. The van der Waals surface area contributed by atoms with Crippen LogP contribution in [0.4, 0.5) is 24.7 Å². The number of rotatable bonds is 4. The highest BCUT2D eigenvalue weighted by Gasteiger charge is 2.32. The maximum atomic E-state index is 12.7. The van der Waals surface area contributed by atoms with Crippen LogP contribution in [0.25, 0.3) is 0 Å². The van der Waals surface area contributed by atoms with Crippen LogP contribution in [-0.2, 0) is 11.0 Å². The molecule has 9 heteroatoms. The molecule has 0 atom stereocenters. The maximum absolute atomic E-state index is 12.7. The van der Waals surface area contributed by atoms with Crippen molar-refractivity contribution < 1.29 is 22.8 Å². The largest absolute Gasteiger partial charge is 0.417 e. The Morgan fingerprint density at radius 2 is 1.86 bits per heavy atom. The van der Waals surface area contributed by atoms with Crippen LogP contribution in [0, 0.1) is 5.92 Å². The second-order valence-corrected chi connectivity index (χ2v) is 6.92. The van der Waals surface area contributed by atoms with Gasteiger partial charge >= 0.3 is 6.18 Å². The van der Waals surface area contributed by atoms with Crippen molar-refractivity contribution in [3.63, 3.8) is 0 Å². The van der Waals surface area contributed by atoms with Gasteiger partial charge in [0.15, 0.2) is 5.82 Å². The average molecular weight is 412 g/mol. The third-order valence-corrected chi connectivity index (χ3v) is 4.96. The Bertz CT molecular complexity index is 864. The number of aromatic nitrogens is 1. The van der Waals surface area contributed by atoms with Crippen LogP contribution in [0.2, 0.25) is 5.02 Å². The van der Waals surface area contributed by atoms with Crippen molar-refractivity contribution in [3.05, 3.63) is 52.7 Å². The van der Waals surface area contributed by atoms with Crippen molar-refractivity contribution >= 4 is 35.3 Å². The Morgan fingerprint density at radius 1 is 1.21 bits per heavy atom. The SMILES string of the molecule is O=Cc1ccc(N2CCC(C(=O)Nc3ncc(C(F)(F)F)cc3Cl)CC2)cc1. The lowest BCUT2D eigenvalue weighted by Gasteiger charge is -2.33. The number of piperidine rings is 1. The number of amides is 1. The number of pyridine rings is 1. The molecule has 1 aliphatic rings. The number of alkyl halides is 3. The molecule has 1 aromatic heterocycles. The van der Waals surface area contributed by atoms with Crippen molar-refractivity contribution in [1.29, 1.82) is 0 Å². The van der Waals surface area contributed by atoms with Gasteiger partial charge in [-0.25, -0.2) is 4.98 Å². The first-order chi connectivity index (χ1) is 13.3. The molecule has 0 unspecified atom stereocenters. The second-order valence-electron chi connectivity index (χ2n) is 6.51. The van der Waals surface area contributed by atoms with Crippen LogP contribution in [0.5, 0.6) is 0 Å². The molecule has 3 rings (SSSR count). The molecule has 1 amide bonds. The molecule has 0 bridgehead atoms. The maximum Gasteiger partial charge on any atom is 0.417 e. The monoisotopic (exact) mass is 411 g/mol. The van der Waals surface area contributed by atoms with Crippen molar-refractivity contribution in [3.8, 4) is 0 Å². The standard InChI is InChI=1S/C19H17ClF3N3O2/c20-16-9-14(19(21,22)23)10-24-17(16)25-18(28)13-5-7-26(8-6-13)15-3-1-12(11-27)2-4-15/h1-4,9-11,13H,5-8H2,(H,24,25,28). The van der Waals surface area contributed by atoms with E-state index in [1.165, 1.54) is 0 Å². The number of aldehydes is 1. The van der Waals surface area contributed by atoms with Crippen molar-refractivity contribution in [2.24, 2.45) is 5.92 Å². The Morgan fingerprint density at radius 3 is 2.39 bits per heavy atom. The van der Waals surface area contributed by atoms with Gasteiger partial charge in [0.25, 0.3) is 0 Å². The van der Waals surface area contributed by atoms with E-state index in [0.717, 1.165) is 18.0 Å². The van der Waals surface area contributed by atoms with E-state index in [0.29, 0.717) is 37.7 Å². The average Bonchev–Trinajstić information content (AvgIpc) is 2.69. The van der Waals surface area contributed by atoms with Crippen molar-refractivity contribution in [2.75, 3.05) is 23.3 Å². The zero-order valence-corrected chi connectivity index (χ0v) is 15.4. The Balaban J connectivity index is 1.58. The van der Waals surface area contributed by atoms with Crippen LogP contribution in [-0.4, -0.2) is 30.3 Å². The molecule has 1 aliphatic heterocycles. The van der Waals surface area contributed by atoms with E-state index in [9.17, 15) is 22.8 Å². The van der Waals surface area contributed by atoms with Gasteiger partial charge in [0.2, 0.25) is 5.91 Å². The van der Waals surface area contributed by atoms with Crippen LogP contribution >= 0.6 is 11.6 Å². The lowest BCUT2D eigenvalue weighted by Crippen LogP contribution is -2.38. The molecule has 0 aliphatic carbocycles. The van der Waals surface area contributed by atoms with E-state index >= 15 is 0 Å².